The Morgan fingerprint density at radius 2 is 1.44 bits per heavy atom. The molecule has 39 heavy (non-hydrogen) atoms. The summed E-state index contributed by atoms with van der Waals surface area (Å²) < 4.78 is 0. The van der Waals surface area contributed by atoms with E-state index < -0.39 is 5.91 Å². The van der Waals surface area contributed by atoms with Crippen LogP contribution in [-0.2, 0) is 12.0 Å². The molecule has 1 fully saturated rings. The Kier molecular flexibility index (Phi) is 6.73. The highest BCUT2D eigenvalue weighted by molar-refractivity contribution is 6.10. The Morgan fingerprint density at radius 1 is 0.769 bits per heavy atom. The van der Waals surface area contributed by atoms with Gasteiger partial charge < -0.3 is 4.90 Å². The number of para-hydroxylation sites is 1. The van der Waals surface area contributed by atoms with Gasteiger partial charge in [0.2, 0.25) is 0 Å². The Bertz CT molecular complexity index is 1480. The van der Waals surface area contributed by atoms with Crippen molar-refractivity contribution < 1.29 is 14.8 Å². The maximum atomic E-state index is 13.9. The van der Waals surface area contributed by atoms with Crippen LogP contribution < -0.4 is 10.4 Å². The highest BCUT2D eigenvalue weighted by Gasteiger charge is 2.47. The van der Waals surface area contributed by atoms with Gasteiger partial charge in [-0.15, -0.1) is 0 Å². The first-order valence-electron chi connectivity index (χ1n) is 13.4. The van der Waals surface area contributed by atoms with E-state index in [1.54, 1.807) is 17.6 Å². The highest BCUT2D eigenvalue weighted by Crippen LogP contribution is 2.51. The molecule has 0 aliphatic carbocycles. The van der Waals surface area contributed by atoms with Gasteiger partial charge in [0.1, 0.15) is 0 Å². The number of amides is 2. The summed E-state index contributed by atoms with van der Waals surface area (Å²) in [5, 5.41) is 8.86. The van der Waals surface area contributed by atoms with Crippen LogP contribution in [0.5, 0.6) is 0 Å². The second-order valence-corrected chi connectivity index (χ2v) is 10.5. The smallest absolute Gasteiger partial charge is 0.274 e. The van der Waals surface area contributed by atoms with Crippen LogP contribution in [0.3, 0.4) is 0 Å². The molecule has 0 aromatic heterocycles. The average Bonchev–Trinajstić information content (AvgIpc) is 3.33. The molecule has 2 heterocycles. The quantitative estimate of drug-likeness (QED) is 0.264. The van der Waals surface area contributed by atoms with Gasteiger partial charge in [-0.3, -0.25) is 19.7 Å². The highest BCUT2D eigenvalue weighted by atomic mass is 16.5. The lowest BCUT2D eigenvalue weighted by atomic mass is 9.73. The van der Waals surface area contributed by atoms with Crippen molar-refractivity contribution in [2.24, 2.45) is 0 Å². The number of likely N-dealkylation sites (tertiary alicyclic amines) is 1. The number of hydrogen-bond donors (Lipinski definition) is 2. The topological polar surface area (TPSA) is 72.9 Å². The summed E-state index contributed by atoms with van der Waals surface area (Å²) in [5.74, 6) is -0.461. The van der Waals surface area contributed by atoms with E-state index in [0.717, 1.165) is 54.9 Å². The minimum absolute atomic E-state index is 0.0477. The summed E-state index contributed by atoms with van der Waals surface area (Å²) in [4.78, 5) is 30.0. The van der Waals surface area contributed by atoms with Gasteiger partial charge >= 0.3 is 0 Å². The van der Waals surface area contributed by atoms with Crippen molar-refractivity contribution in [3.05, 3.63) is 125 Å². The molecule has 6 nitrogen and oxygen atoms in total. The van der Waals surface area contributed by atoms with Gasteiger partial charge in [-0.1, -0.05) is 78.9 Å². The van der Waals surface area contributed by atoms with Crippen LogP contribution in [0.4, 0.5) is 5.69 Å². The lowest BCUT2D eigenvalue weighted by Gasteiger charge is -2.40. The first-order valence-corrected chi connectivity index (χ1v) is 13.4. The summed E-state index contributed by atoms with van der Waals surface area (Å²) in [7, 11) is 0. The lowest BCUT2D eigenvalue weighted by Crippen LogP contribution is -2.45. The second-order valence-electron chi connectivity index (χ2n) is 10.5. The van der Waals surface area contributed by atoms with Crippen LogP contribution >= 0.6 is 0 Å². The van der Waals surface area contributed by atoms with E-state index in [-0.39, 0.29) is 11.3 Å². The Balaban J connectivity index is 1.28. The molecule has 1 saturated heterocycles. The standard InChI is InChI=1S/C33H31N3O3/c37-31(34-39)26-16-14-24(15-17-26)22-35-20-18-33(19-21-35)23-36(32(38)27-10-5-2-6-11-27)30-28(12-7-13-29(30)33)25-8-3-1-4-9-25/h1-17,39H,18-23H2,(H,34,37). The molecule has 4 aromatic carbocycles. The van der Waals surface area contributed by atoms with E-state index in [9.17, 15) is 9.59 Å². The average molecular weight is 518 g/mol. The predicted octanol–water partition coefficient (Wildman–Crippen LogP) is 5.67. The molecule has 0 radical (unpaired) electrons. The van der Waals surface area contributed by atoms with Gasteiger partial charge in [-0.2, -0.15) is 0 Å². The summed E-state index contributed by atoms with van der Waals surface area (Å²) in [6.07, 6.45) is 1.92. The van der Waals surface area contributed by atoms with E-state index in [1.807, 2.05) is 65.6 Å². The third-order valence-electron chi connectivity index (χ3n) is 8.23. The van der Waals surface area contributed by atoms with Gasteiger partial charge in [0, 0.05) is 35.2 Å². The number of nitrogens with zero attached hydrogens (tertiary/aromatic N) is 2. The number of nitrogens with one attached hydrogen (secondary N) is 1. The zero-order valence-corrected chi connectivity index (χ0v) is 21.7. The van der Waals surface area contributed by atoms with E-state index in [2.05, 4.69) is 35.2 Å². The minimum atomic E-state index is -0.508. The number of carbonyl (C=O) groups is 2. The van der Waals surface area contributed by atoms with Crippen molar-refractivity contribution in [2.45, 2.75) is 24.8 Å². The second kappa shape index (κ2) is 10.5. The summed E-state index contributed by atoms with van der Waals surface area (Å²) in [6.45, 7) is 3.31. The van der Waals surface area contributed by atoms with Crippen molar-refractivity contribution in [1.82, 2.24) is 10.4 Å². The largest absolute Gasteiger partial charge is 0.307 e. The zero-order valence-electron chi connectivity index (χ0n) is 21.7. The fraction of sp³-hybridized carbons (Fsp3) is 0.212. The zero-order chi connectivity index (χ0) is 26.8. The van der Waals surface area contributed by atoms with E-state index >= 15 is 0 Å². The fourth-order valence-electron chi connectivity index (χ4n) is 6.14. The van der Waals surface area contributed by atoms with Gasteiger partial charge in [0.25, 0.3) is 11.8 Å². The molecule has 6 rings (SSSR count). The molecule has 0 bridgehead atoms. The van der Waals surface area contributed by atoms with E-state index in [1.165, 1.54) is 5.56 Å². The molecular formula is C33H31N3O3. The molecule has 2 N–H and O–H groups in total. The molecule has 196 valence electrons. The Morgan fingerprint density at radius 3 is 2.10 bits per heavy atom. The van der Waals surface area contributed by atoms with Gasteiger partial charge in [-0.05, 0) is 66.9 Å². The van der Waals surface area contributed by atoms with Crippen molar-refractivity contribution in [2.75, 3.05) is 24.5 Å². The Labute approximate surface area is 228 Å². The van der Waals surface area contributed by atoms with E-state index in [4.69, 9.17) is 5.21 Å². The Hall–Kier alpha value is -4.26. The maximum absolute atomic E-state index is 13.9. The van der Waals surface area contributed by atoms with Gasteiger partial charge in [0.15, 0.2) is 0 Å². The van der Waals surface area contributed by atoms with Crippen LogP contribution in [0.2, 0.25) is 0 Å². The van der Waals surface area contributed by atoms with Crippen LogP contribution in [-0.4, -0.2) is 41.6 Å². The maximum Gasteiger partial charge on any atom is 0.274 e. The summed E-state index contributed by atoms with van der Waals surface area (Å²) in [5.41, 5.74) is 8.38. The minimum Gasteiger partial charge on any atom is -0.307 e. The summed E-state index contributed by atoms with van der Waals surface area (Å²) >= 11 is 0. The van der Waals surface area contributed by atoms with E-state index in [0.29, 0.717) is 17.7 Å². The van der Waals surface area contributed by atoms with Crippen LogP contribution in [0.25, 0.3) is 11.1 Å². The predicted molar refractivity (Wildman–Crippen MR) is 152 cm³/mol. The molecule has 0 atom stereocenters. The molecular weight excluding hydrogens is 486 g/mol. The molecule has 1 spiro atoms. The number of carbonyl (C=O) groups excluding carboxylic acids is 2. The molecule has 0 saturated carbocycles. The summed E-state index contributed by atoms with van der Waals surface area (Å²) in [6, 6.07) is 33.8. The SMILES string of the molecule is O=C(NO)c1ccc(CN2CCC3(CC2)CN(C(=O)c2ccccc2)c2c(-c4ccccc4)cccc23)cc1. The van der Waals surface area contributed by atoms with Crippen molar-refractivity contribution in [3.63, 3.8) is 0 Å². The normalized spacial score (nSPS) is 16.2. The number of benzene rings is 4. The first kappa shape index (κ1) is 25.0. The van der Waals surface area contributed by atoms with Gasteiger partial charge in [-0.25, -0.2) is 5.48 Å². The third-order valence-corrected chi connectivity index (χ3v) is 8.23. The molecule has 2 amide bonds. The van der Waals surface area contributed by atoms with Crippen LogP contribution in [0, 0.1) is 0 Å². The van der Waals surface area contributed by atoms with Crippen LogP contribution in [0.15, 0.2) is 103 Å². The number of rotatable bonds is 5. The monoisotopic (exact) mass is 517 g/mol. The van der Waals surface area contributed by atoms with Crippen LogP contribution in [0.1, 0.15) is 44.7 Å². The number of piperidine rings is 1. The first-order chi connectivity index (χ1) is 19.1. The molecule has 0 unspecified atom stereocenters. The number of fused-ring (bicyclic) bond motifs is 2. The molecule has 4 aromatic rings. The van der Waals surface area contributed by atoms with Crippen molar-refractivity contribution in [1.29, 1.82) is 0 Å². The fourth-order valence-corrected chi connectivity index (χ4v) is 6.14. The number of hydrogen-bond acceptors (Lipinski definition) is 4. The van der Waals surface area contributed by atoms with Gasteiger partial charge in [0.05, 0.1) is 5.69 Å². The van der Waals surface area contributed by atoms with Crippen molar-refractivity contribution in [3.8, 4) is 11.1 Å². The molecule has 2 aliphatic heterocycles. The molecule has 6 heteroatoms. The van der Waals surface area contributed by atoms with Crippen molar-refractivity contribution >= 4 is 17.5 Å². The number of anilines is 1. The third kappa shape index (κ3) is 4.73. The molecule has 2 aliphatic rings. The lowest BCUT2D eigenvalue weighted by molar-refractivity contribution is 0.0706. The number of hydroxylamine groups is 1.